The minimum atomic E-state index is -1.09. The van der Waals surface area contributed by atoms with Gasteiger partial charge in [0, 0.05) is 21.2 Å². The van der Waals surface area contributed by atoms with Gasteiger partial charge in [-0.2, -0.15) is 0 Å². The van der Waals surface area contributed by atoms with Gasteiger partial charge in [0.2, 0.25) is 0 Å². The van der Waals surface area contributed by atoms with Gasteiger partial charge in [-0.15, -0.1) is 0 Å². The van der Waals surface area contributed by atoms with Crippen molar-refractivity contribution in [1.29, 1.82) is 0 Å². The Labute approximate surface area is 160 Å². The fourth-order valence-electron chi connectivity index (χ4n) is 2.61. The zero-order chi connectivity index (χ0) is 17.8. The molecule has 126 valence electrons. The number of benzene rings is 3. The van der Waals surface area contributed by atoms with Gasteiger partial charge in [0.1, 0.15) is 0 Å². The zero-order valence-corrected chi connectivity index (χ0v) is 15.9. The smallest absolute Gasteiger partial charge is 0.0504 e. The zero-order valence-electron chi connectivity index (χ0n) is 13.6. The number of rotatable bonds is 4. The van der Waals surface area contributed by atoms with Crippen LogP contribution >= 0.6 is 23.2 Å². The lowest BCUT2D eigenvalue weighted by Gasteiger charge is -2.13. The van der Waals surface area contributed by atoms with Crippen LogP contribution in [0.2, 0.25) is 10.0 Å². The highest BCUT2D eigenvalue weighted by molar-refractivity contribution is 7.84. The molecule has 0 aliphatic heterocycles. The van der Waals surface area contributed by atoms with Crippen LogP contribution in [0.25, 0.3) is 11.6 Å². The van der Waals surface area contributed by atoms with Gasteiger partial charge in [0.15, 0.2) is 0 Å². The first-order valence-electron chi connectivity index (χ1n) is 7.70. The van der Waals surface area contributed by atoms with E-state index in [1.165, 1.54) is 0 Å². The average Bonchev–Trinajstić information content (AvgIpc) is 2.62. The van der Waals surface area contributed by atoms with Crippen LogP contribution in [0.5, 0.6) is 0 Å². The van der Waals surface area contributed by atoms with Crippen LogP contribution in [-0.4, -0.2) is 10.5 Å². The van der Waals surface area contributed by atoms with E-state index in [1.807, 2.05) is 72.8 Å². The van der Waals surface area contributed by atoms with Crippen molar-refractivity contribution < 1.29 is 4.21 Å². The third kappa shape index (κ3) is 4.40. The summed E-state index contributed by atoms with van der Waals surface area (Å²) in [7, 11) is -1.09. The summed E-state index contributed by atoms with van der Waals surface area (Å²) in [6.07, 6.45) is 3.77. The molecular weight excluding hydrogens is 371 g/mol. The average molecular weight is 387 g/mol. The summed E-state index contributed by atoms with van der Waals surface area (Å²) in [5.41, 5.74) is 3.97. The summed E-state index contributed by atoms with van der Waals surface area (Å²) in [5.74, 6) is 0. The number of hydrogen-bond donors (Lipinski definition) is 0. The largest absolute Gasteiger partial charge is 0.255 e. The van der Waals surface area contributed by atoms with Gasteiger partial charge in [0.25, 0.3) is 0 Å². The van der Waals surface area contributed by atoms with Crippen LogP contribution < -0.4 is 0 Å². The van der Waals surface area contributed by atoms with Crippen molar-refractivity contribution in [2.45, 2.75) is 4.90 Å². The lowest BCUT2D eigenvalue weighted by molar-refractivity contribution is 0.686. The highest BCUT2D eigenvalue weighted by Crippen LogP contribution is 2.31. The molecule has 25 heavy (non-hydrogen) atoms. The second-order valence-electron chi connectivity index (χ2n) is 5.57. The molecular formula is C21H16Cl2OS. The summed E-state index contributed by atoms with van der Waals surface area (Å²) in [6, 6.07) is 23.1. The Morgan fingerprint density at radius 1 is 0.840 bits per heavy atom. The van der Waals surface area contributed by atoms with Gasteiger partial charge in [-0.1, -0.05) is 65.7 Å². The summed E-state index contributed by atoms with van der Waals surface area (Å²) in [5, 5.41) is 1.38. The molecule has 1 unspecified atom stereocenters. The molecule has 0 aliphatic rings. The number of hydrogen-bond acceptors (Lipinski definition) is 1. The van der Waals surface area contributed by atoms with E-state index in [1.54, 1.807) is 6.26 Å². The Kier molecular flexibility index (Phi) is 5.74. The first kappa shape index (κ1) is 17.9. The van der Waals surface area contributed by atoms with Crippen LogP contribution in [0.1, 0.15) is 16.7 Å². The molecule has 0 saturated heterocycles. The number of halogens is 2. The molecule has 0 saturated carbocycles. The second kappa shape index (κ2) is 8.01. The van der Waals surface area contributed by atoms with Crippen molar-refractivity contribution in [2.24, 2.45) is 0 Å². The highest BCUT2D eigenvalue weighted by Gasteiger charge is 2.12. The lowest BCUT2D eigenvalue weighted by atomic mass is 9.95. The molecule has 4 heteroatoms. The molecule has 0 amide bonds. The van der Waals surface area contributed by atoms with Crippen LogP contribution in [0.4, 0.5) is 0 Å². The minimum absolute atomic E-state index is 0.682. The summed E-state index contributed by atoms with van der Waals surface area (Å²) >= 11 is 12.0. The normalized spacial score (nSPS) is 12.8. The van der Waals surface area contributed by atoms with Gasteiger partial charge in [-0.25, -0.2) is 0 Å². The minimum Gasteiger partial charge on any atom is -0.255 e. The van der Waals surface area contributed by atoms with E-state index in [4.69, 9.17) is 23.2 Å². The van der Waals surface area contributed by atoms with E-state index in [0.29, 0.717) is 10.0 Å². The predicted molar refractivity (Wildman–Crippen MR) is 109 cm³/mol. The predicted octanol–water partition coefficient (Wildman–Crippen LogP) is 6.32. The van der Waals surface area contributed by atoms with Crippen LogP contribution in [-0.2, 0) is 10.8 Å². The lowest BCUT2D eigenvalue weighted by Crippen LogP contribution is -1.97. The maximum absolute atomic E-state index is 12.2. The van der Waals surface area contributed by atoms with E-state index in [2.05, 4.69) is 6.08 Å². The van der Waals surface area contributed by atoms with E-state index in [-0.39, 0.29) is 0 Å². The van der Waals surface area contributed by atoms with Crippen molar-refractivity contribution in [1.82, 2.24) is 0 Å². The van der Waals surface area contributed by atoms with Crippen LogP contribution in [0.15, 0.2) is 77.7 Å². The maximum Gasteiger partial charge on any atom is 0.0504 e. The van der Waals surface area contributed by atoms with E-state index in [9.17, 15) is 4.21 Å². The van der Waals surface area contributed by atoms with Gasteiger partial charge < -0.3 is 0 Å². The van der Waals surface area contributed by atoms with Gasteiger partial charge in [0.05, 0.1) is 10.8 Å². The third-order valence-corrected chi connectivity index (χ3v) is 5.30. The topological polar surface area (TPSA) is 17.1 Å². The standard InChI is InChI=1S/C21H16Cl2OS/c1-25(24)21-5-3-2-4-19(21)20(16-8-12-18(23)13-9-16)14-15-6-10-17(22)11-7-15/h2-14H,1H3/b20-14+. The van der Waals surface area contributed by atoms with E-state index >= 15 is 0 Å². The van der Waals surface area contributed by atoms with E-state index in [0.717, 1.165) is 27.2 Å². The first-order chi connectivity index (χ1) is 12.0. The van der Waals surface area contributed by atoms with Crippen molar-refractivity contribution in [3.8, 4) is 0 Å². The molecule has 0 N–H and O–H groups in total. The molecule has 0 spiro atoms. The Hall–Kier alpha value is -1.87. The Bertz CT molecular complexity index is 929. The maximum atomic E-state index is 12.2. The molecule has 0 aliphatic carbocycles. The third-order valence-electron chi connectivity index (χ3n) is 3.82. The Balaban J connectivity index is 2.21. The van der Waals surface area contributed by atoms with Crippen molar-refractivity contribution in [2.75, 3.05) is 6.26 Å². The SMILES string of the molecule is CS(=O)c1ccccc1/C(=C/c1ccc(Cl)cc1)c1ccc(Cl)cc1. The highest BCUT2D eigenvalue weighted by atomic mass is 35.5. The molecule has 0 aromatic heterocycles. The summed E-state index contributed by atoms with van der Waals surface area (Å²) in [4.78, 5) is 0.803. The fraction of sp³-hybridized carbons (Fsp3) is 0.0476. The molecule has 1 nitrogen and oxygen atoms in total. The van der Waals surface area contributed by atoms with Gasteiger partial charge in [-0.05, 0) is 58.7 Å². The van der Waals surface area contributed by atoms with Crippen molar-refractivity contribution in [3.63, 3.8) is 0 Å². The fourth-order valence-corrected chi connectivity index (χ4v) is 3.62. The second-order valence-corrected chi connectivity index (χ2v) is 7.79. The molecule has 0 bridgehead atoms. The Morgan fingerprint density at radius 3 is 2.00 bits per heavy atom. The molecule has 0 radical (unpaired) electrons. The molecule has 3 aromatic rings. The molecule has 0 heterocycles. The molecule has 0 fully saturated rings. The van der Waals surface area contributed by atoms with Crippen molar-refractivity contribution in [3.05, 3.63) is 99.5 Å². The summed E-state index contributed by atoms with van der Waals surface area (Å²) < 4.78 is 12.2. The molecule has 3 rings (SSSR count). The van der Waals surface area contributed by atoms with Gasteiger partial charge >= 0.3 is 0 Å². The summed E-state index contributed by atoms with van der Waals surface area (Å²) in [6.45, 7) is 0. The van der Waals surface area contributed by atoms with Crippen molar-refractivity contribution >= 4 is 45.7 Å². The Morgan fingerprint density at radius 2 is 1.40 bits per heavy atom. The quantitative estimate of drug-likeness (QED) is 0.479. The molecule has 1 atom stereocenters. The van der Waals surface area contributed by atoms with Crippen LogP contribution in [0.3, 0.4) is 0 Å². The first-order valence-corrected chi connectivity index (χ1v) is 10.0. The van der Waals surface area contributed by atoms with Crippen LogP contribution in [0, 0.1) is 0 Å². The van der Waals surface area contributed by atoms with E-state index < -0.39 is 10.8 Å². The molecule has 3 aromatic carbocycles. The van der Waals surface area contributed by atoms with Gasteiger partial charge in [-0.3, -0.25) is 4.21 Å². The monoisotopic (exact) mass is 386 g/mol.